The average Bonchev–Trinajstić information content (AvgIpc) is 2.51. The first kappa shape index (κ1) is 16.3. The number of hydrogen-bond donors (Lipinski definition) is 0. The summed E-state index contributed by atoms with van der Waals surface area (Å²) < 4.78 is 11.0. The zero-order valence-corrected chi connectivity index (χ0v) is 13.5. The molecule has 0 spiro atoms. The van der Waals surface area contributed by atoms with Crippen molar-refractivity contribution in [3.05, 3.63) is 58.9 Å². The Kier molecular flexibility index (Phi) is 5.39. The van der Waals surface area contributed by atoms with Crippen molar-refractivity contribution in [2.45, 2.75) is 33.0 Å². The fourth-order valence-corrected chi connectivity index (χ4v) is 2.03. The zero-order chi connectivity index (χ0) is 16.1. The molecule has 1 aromatic heterocycles. The van der Waals surface area contributed by atoms with Crippen LogP contribution in [-0.4, -0.2) is 17.1 Å². The number of nitrogens with zero attached hydrogens (tertiary/aromatic N) is 1. The Morgan fingerprint density at radius 2 is 1.86 bits per heavy atom. The predicted molar refractivity (Wildman–Crippen MR) is 85.0 cm³/mol. The maximum Gasteiger partial charge on any atom is 0.347 e. The minimum Gasteiger partial charge on any atom is -0.479 e. The van der Waals surface area contributed by atoms with E-state index in [2.05, 4.69) is 4.98 Å². The Morgan fingerprint density at radius 3 is 2.50 bits per heavy atom. The van der Waals surface area contributed by atoms with Gasteiger partial charge in [-0.15, -0.1) is 0 Å². The van der Waals surface area contributed by atoms with Gasteiger partial charge in [0.15, 0.2) is 6.10 Å². The van der Waals surface area contributed by atoms with Crippen LogP contribution in [-0.2, 0) is 9.53 Å². The number of aromatic nitrogens is 1. The van der Waals surface area contributed by atoms with Gasteiger partial charge in [-0.1, -0.05) is 11.6 Å². The third-order valence-electron chi connectivity index (χ3n) is 3.24. The van der Waals surface area contributed by atoms with E-state index in [4.69, 9.17) is 21.1 Å². The van der Waals surface area contributed by atoms with Crippen LogP contribution in [0.2, 0.25) is 5.02 Å². The number of rotatable bonds is 5. The van der Waals surface area contributed by atoms with Crippen LogP contribution in [0.3, 0.4) is 0 Å². The van der Waals surface area contributed by atoms with Crippen molar-refractivity contribution in [3.63, 3.8) is 0 Å². The second-order valence-corrected chi connectivity index (χ2v) is 5.44. The lowest BCUT2D eigenvalue weighted by molar-refractivity contribution is -0.156. The second-order valence-electron chi connectivity index (χ2n) is 5.03. The molecule has 0 saturated carbocycles. The number of hydrogen-bond acceptors (Lipinski definition) is 4. The molecule has 0 radical (unpaired) electrons. The van der Waals surface area contributed by atoms with Crippen LogP contribution < -0.4 is 4.74 Å². The summed E-state index contributed by atoms with van der Waals surface area (Å²) in [5, 5.41) is 0.661. The molecule has 0 amide bonds. The molecule has 2 rings (SSSR count). The number of carbonyl (C=O) groups is 1. The van der Waals surface area contributed by atoms with Crippen LogP contribution in [0.5, 0.6) is 5.75 Å². The number of pyridine rings is 1. The standard InChI is InChI=1S/C17H18ClNO3/c1-11-10-15(4-5-16(11)18)21-13(3)17(20)22-12(2)14-6-8-19-9-7-14/h4-10,12-13H,1-3H3/t12-,13?/m0/s1. The normalized spacial score (nSPS) is 13.3. The van der Waals surface area contributed by atoms with Gasteiger partial charge in [-0.25, -0.2) is 4.79 Å². The van der Waals surface area contributed by atoms with Crippen molar-refractivity contribution in [1.82, 2.24) is 4.98 Å². The van der Waals surface area contributed by atoms with E-state index in [-0.39, 0.29) is 6.10 Å². The molecule has 116 valence electrons. The molecule has 0 aliphatic carbocycles. The molecule has 0 aliphatic rings. The van der Waals surface area contributed by atoms with E-state index in [1.165, 1.54) is 0 Å². The van der Waals surface area contributed by atoms with Gasteiger partial charge in [-0.05, 0) is 62.2 Å². The van der Waals surface area contributed by atoms with Crippen molar-refractivity contribution < 1.29 is 14.3 Å². The van der Waals surface area contributed by atoms with Crippen LogP contribution >= 0.6 is 11.6 Å². The molecule has 0 bridgehead atoms. The maximum atomic E-state index is 12.1. The summed E-state index contributed by atoms with van der Waals surface area (Å²) in [4.78, 5) is 16.0. The number of ether oxygens (including phenoxy) is 2. The van der Waals surface area contributed by atoms with Crippen LogP contribution in [0.15, 0.2) is 42.7 Å². The highest BCUT2D eigenvalue weighted by molar-refractivity contribution is 6.31. The highest BCUT2D eigenvalue weighted by Crippen LogP contribution is 2.23. The van der Waals surface area contributed by atoms with E-state index in [0.29, 0.717) is 10.8 Å². The molecular formula is C17H18ClNO3. The molecule has 1 aromatic carbocycles. The van der Waals surface area contributed by atoms with Crippen molar-refractivity contribution in [1.29, 1.82) is 0 Å². The highest BCUT2D eigenvalue weighted by atomic mass is 35.5. The summed E-state index contributed by atoms with van der Waals surface area (Å²) in [5.74, 6) is 0.167. The lowest BCUT2D eigenvalue weighted by Gasteiger charge is -2.18. The summed E-state index contributed by atoms with van der Waals surface area (Å²) >= 11 is 5.96. The largest absolute Gasteiger partial charge is 0.479 e. The zero-order valence-electron chi connectivity index (χ0n) is 12.7. The van der Waals surface area contributed by atoms with Gasteiger partial charge < -0.3 is 9.47 Å². The van der Waals surface area contributed by atoms with E-state index in [0.717, 1.165) is 11.1 Å². The highest BCUT2D eigenvalue weighted by Gasteiger charge is 2.20. The SMILES string of the molecule is Cc1cc(OC(C)C(=O)O[C@@H](C)c2ccncc2)ccc1Cl. The van der Waals surface area contributed by atoms with Gasteiger partial charge in [-0.2, -0.15) is 0 Å². The summed E-state index contributed by atoms with van der Waals surface area (Å²) in [7, 11) is 0. The molecule has 22 heavy (non-hydrogen) atoms. The lowest BCUT2D eigenvalue weighted by Crippen LogP contribution is -2.27. The van der Waals surface area contributed by atoms with E-state index >= 15 is 0 Å². The Bertz CT molecular complexity index is 646. The summed E-state index contributed by atoms with van der Waals surface area (Å²) in [6.07, 6.45) is 2.27. The third-order valence-corrected chi connectivity index (χ3v) is 3.67. The van der Waals surface area contributed by atoms with E-state index in [1.54, 1.807) is 37.5 Å². The summed E-state index contributed by atoms with van der Waals surface area (Å²) in [5.41, 5.74) is 1.78. The fourth-order valence-electron chi connectivity index (χ4n) is 1.92. The van der Waals surface area contributed by atoms with Gasteiger partial charge >= 0.3 is 5.97 Å². The molecule has 0 N–H and O–H groups in total. The first-order chi connectivity index (χ1) is 10.5. The maximum absolute atomic E-state index is 12.1. The number of carbonyl (C=O) groups excluding carboxylic acids is 1. The van der Waals surface area contributed by atoms with Crippen molar-refractivity contribution in [2.24, 2.45) is 0 Å². The summed E-state index contributed by atoms with van der Waals surface area (Å²) in [6.45, 7) is 5.35. The molecule has 0 saturated heterocycles. The fraction of sp³-hybridized carbons (Fsp3) is 0.294. The molecule has 0 fully saturated rings. The second kappa shape index (κ2) is 7.27. The first-order valence-corrected chi connectivity index (χ1v) is 7.38. The predicted octanol–water partition coefficient (Wildman–Crippen LogP) is 4.12. The van der Waals surface area contributed by atoms with Crippen LogP contribution in [0, 0.1) is 6.92 Å². The molecule has 0 aliphatic heterocycles. The van der Waals surface area contributed by atoms with Gasteiger partial charge in [0.05, 0.1) is 0 Å². The Hall–Kier alpha value is -2.07. The number of halogens is 1. The van der Waals surface area contributed by atoms with Crippen LogP contribution in [0.4, 0.5) is 0 Å². The minimum absolute atomic E-state index is 0.353. The smallest absolute Gasteiger partial charge is 0.347 e. The van der Waals surface area contributed by atoms with Crippen molar-refractivity contribution >= 4 is 17.6 Å². The van der Waals surface area contributed by atoms with Crippen LogP contribution in [0.25, 0.3) is 0 Å². The molecule has 5 heteroatoms. The topological polar surface area (TPSA) is 48.4 Å². The lowest BCUT2D eigenvalue weighted by atomic mass is 10.2. The third kappa shape index (κ3) is 4.21. The van der Waals surface area contributed by atoms with Crippen molar-refractivity contribution in [3.8, 4) is 5.75 Å². The molecule has 1 unspecified atom stereocenters. The van der Waals surface area contributed by atoms with Gasteiger partial charge in [0.1, 0.15) is 11.9 Å². The van der Waals surface area contributed by atoms with Gasteiger partial charge in [0, 0.05) is 17.4 Å². The Labute approximate surface area is 135 Å². The molecule has 2 aromatic rings. The van der Waals surface area contributed by atoms with Gasteiger partial charge in [0.2, 0.25) is 0 Å². The van der Waals surface area contributed by atoms with E-state index < -0.39 is 12.1 Å². The number of benzene rings is 1. The summed E-state index contributed by atoms with van der Waals surface area (Å²) in [6, 6.07) is 8.88. The van der Waals surface area contributed by atoms with Gasteiger partial charge in [0.25, 0.3) is 0 Å². The first-order valence-electron chi connectivity index (χ1n) is 7.00. The monoisotopic (exact) mass is 319 g/mol. The van der Waals surface area contributed by atoms with E-state index in [9.17, 15) is 4.79 Å². The Balaban J connectivity index is 1.95. The number of aryl methyl sites for hydroxylation is 1. The quantitative estimate of drug-likeness (QED) is 0.778. The van der Waals surface area contributed by atoms with Gasteiger partial charge in [-0.3, -0.25) is 4.98 Å². The van der Waals surface area contributed by atoms with Crippen molar-refractivity contribution in [2.75, 3.05) is 0 Å². The molecule has 1 heterocycles. The average molecular weight is 320 g/mol. The molecule has 4 nitrogen and oxygen atoms in total. The van der Waals surface area contributed by atoms with E-state index in [1.807, 2.05) is 26.0 Å². The number of esters is 1. The molecule has 2 atom stereocenters. The molecular weight excluding hydrogens is 302 g/mol. The Morgan fingerprint density at radius 1 is 1.18 bits per heavy atom. The van der Waals surface area contributed by atoms with Crippen LogP contribution in [0.1, 0.15) is 31.1 Å². The minimum atomic E-state index is -0.704.